The van der Waals surface area contributed by atoms with Crippen LogP contribution in [0.5, 0.6) is 5.75 Å². The van der Waals surface area contributed by atoms with Gasteiger partial charge < -0.3 is 9.66 Å². The quantitative estimate of drug-likeness (QED) is 0.438. The SMILES string of the molecule is NS(=O)(=O)c1cc(S(=O)[O-])c2nsnc2c1N=Nc1cc(Cl)c(O)c(Cl)c1. The number of aromatic nitrogens is 2. The highest BCUT2D eigenvalue weighted by atomic mass is 35.5. The van der Waals surface area contributed by atoms with E-state index in [0.717, 1.165) is 6.07 Å². The molecule has 142 valence electrons. The monoisotopic (exact) mass is 466 g/mol. The molecule has 3 N–H and O–H groups in total. The predicted molar refractivity (Wildman–Crippen MR) is 98.3 cm³/mol. The molecule has 1 heterocycles. The minimum absolute atomic E-state index is 0.0727. The summed E-state index contributed by atoms with van der Waals surface area (Å²) in [5.74, 6) is -0.351. The van der Waals surface area contributed by atoms with Crippen LogP contribution in [0.4, 0.5) is 11.4 Å². The normalized spacial score (nSPS) is 13.5. The van der Waals surface area contributed by atoms with E-state index >= 15 is 0 Å². The van der Waals surface area contributed by atoms with E-state index in [9.17, 15) is 22.3 Å². The standard InChI is InChI=1S/C12H7Cl2N5O5S3/c13-5-1-4(2-6(14)12(5)20)16-17-10-8(27(15,23)24)3-7(26(21)22)9-11(10)19-25-18-9/h1-3,20H,(H,21,22)(H2,15,23,24)/p-1. The van der Waals surface area contributed by atoms with Crippen LogP contribution < -0.4 is 5.14 Å². The molecular weight excluding hydrogens is 461 g/mol. The number of rotatable bonds is 4. The molecule has 0 spiro atoms. The predicted octanol–water partition coefficient (Wildman–Crippen LogP) is 3.00. The van der Waals surface area contributed by atoms with Crippen molar-refractivity contribution in [2.24, 2.45) is 15.4 Å². The number of halogens is 2. The Morgan fingerprint density at radius 3 is 2.30 bits per heavy atom. The van der Waals surface area contributed by atoms with Crippen LogP contribution in [-0.2, 0) is 21.1 Å². The molecule has 0 fully saturated rings. The molecule has 15 heteroatoms. The average Bonchev–Trinajstić information content (AvgIpc) is 3.05. The summed E-state index contributed by atoms with van der Waals surface area (Å²) in [5, 5.41) is 22.2. The zero-order valence-corrected chi connectivity index (χ0v) is 16.6. The lowest BCUT2D eigenvalue weighted by Crippen LogP contribution is -2.13. The third-order valence-corrected chi connectivity index (χ3v) is 5.89. The fourth-order valence-corrected chi connectivity index (χ4v) is 4.41. The summed E-state index contributed by atoms with van der Waals surface area (Å²) in [6.45, 7) is 0. The minimum Gasteiger partial charge on any atom is -0.768 e. The van der Waals surface area contributed by atoms with Crippen molar-refractivity contribution >= 4 is 78.4 Å². The maximum absolute atomic E-state index is 11.9. The number of phenols is 1. The van der Waals surface area contributed by atoms with Gasteiger partial charge in [0, 0.05) is 0 Å². The Labute approximate surface area is 168 Å². The Balaban J connectivity index is 2.26. The van der Waals surface area contributed by atoms with Crippen LogP contribution in [0, 0.1) is 0 Å². The Morgan fingerprint density at radius 1 is 1.15 bits per heavy atom. The number of fused-ring (bicyclic) bond motifs is 1. The number of azo groups is 1. The fourth-order valence-electron chi connectivity index (χ4n) is 2.04. The van der Waals surface area contributed by atoms with Gasteiger partial charge in [-0.2, -0.15) is 13.9 Å². The van der Waals surface area contributed by atoms with Crippen LogP contribution in [0.2, 0.25) is 10.0 Å². The molecule has 1 aromatic heterocycles. The second kappa shape index (κ2) is 7.35. The number of primary sulfonamides is 1. The molecule has 10 nitrogen and oxygen atoms in total. The van der Waals surface area contributed by atoms with Gasteiger partial charge in [0.15, 0.2) is 5.75 Å². The summed E-state index contributed by atoms with van der Waals surface area (Å²) in [4.78, 5) is -0.987. The van der Waals surface area contributed by atoms with Crippen molar-refractivity contribution in [1.29, 1.82) is 0 Å². The topological polar surface area (TPSA) is 171 Å². The lowest BCUT2D eigenvalue weighted by Gasteiger charge is -2.10. The average molecular weight is 467 g/mol. The molecule has 27 heavy (non-hydrogen) atoms. The first-order valence-electron chi connectivity index (χ1n) is 6.60. The van der Waals surface area contributed by atoms with Crippen molar-refractivity contribution in [3.8, 4) is 5.75 Å². The molecule has 3 rings (SSSR count). The molecule has 2 aromatic carbocycles. The van der Waals surface area contributed by atoms with E-state index < -0.39 is 30.9 Å². The summed E-state index contributed by atoms with van der Waals surface area (Å²) in [6.07, 6.45) is 0. The highest BCUT2D eigenvalue weighted by molar-refractivity contribution is 7.89. The molecule has 0 saturated heterocycles. The molecule has 0 saturated carbocycles. The lowest BCUT2D eigenvalue weighted by atomic mass is 10.2. The molecule has 1 atom stereocenters. The van der Waals surface area contributed by atoms with Gasteiger partial charge in [-0.05, 0) is 29.3 Å². The van der Waals surface area contributed by atoms with Crippen LogP contribution in [0.3, 0.4) is 0 Å². The van der Waals surface area contributed by atoms with E-state index in [4.69, 9.17) is 28.3 Å². The van der Waals surface area contributed by atoms with Gasteiger partial charge >= 0.3 is 0 Å². The van der Waals surface area contributed by atoms with E-state index in [2.05, 4.69) is 19.0 Å². The number of hydrogen-bond acceptors (Lipinski definition) is 10. The van der Waals surface area contributed by atoms with Crippen LogP contribution in [0.15, 0.2) is 38.2 Å². The lowest BCUT2D eigenvalue weighted by molar-refractivity contribution is 0.476. The second-order valence-corrected chi connectivity index (χ2v) is 8.70. The van der Waals surface area contributed by atoms with Crippen molar-refractivity contribution in [1.82, 2.24) is 8.75 Å². The third-order valence-electron chi connectivity index (χ3n) is 3.20. The molecule has 0 bridgehead atoms. The third kappa shape index (κ3) is 3.94. The Kier molecular flexibility index (Phi) is 5.45. The zero-order chi connectivity index (χ0) is 19.9. The van der Waals surface area contributed by atoms with Gasteiger partial charge in [-0.3, -0.25) is 4.21 Å². The maximum atomic E-state index is 11.9. The molecule has 0 aliphatic carbocycles. The highest BCUT2D eigenvalue weighted by Gasteiger charge is 2.23. The molecular formula is C12H6Cl2N5O5S3-. The van der Waals surface area contributed by atoms with E-state index in [1.54, 1.807) is 0 Å². The number of aromatic hydroxyl groups is 1. The van der Waals surface area contributed by atoms with E-state index in [-0.39, 0.29) is 38.2 Å². The smallest absolute Gasteiger partial charge is 0.240 e. The summed E-state index contributed by atoms with van der Waals surface area (Å²) < 4.78 is 54.3. The van der Waals surface area contributed by atoms with Gasteiger partial charge in [0.05, 0.1) is 32.4 Å². The van der Waals surface area contributed by atoms with Crippen molar-refractivity contribution in [3.63, 3.8) is 0 Å². The first-order valence-corrected chi connectivity index (χ1v) is 10.7. The van der Waals surface area contributed by atoms with Crippen molar-refractivity contribution < 1.29 is 22.3 Å². The van der Waals surface area contributed by atoms with Gasteiger partial charge in [-0.25, -0.2) is 13.6 Å². The molecule has 0 amide bonds. The summed E-state index contributed by atoms with van der Waals surface area (Å²) >= 11 is 9.47. The van der Waals surface area contributed by atoms with Crippen LogP contribution in [0.25, 0.3) is 11.0 Å². The van der Waals surface area contributed by atoms with Crippen LogP contribution >= 0.6 is 34.9 Å². The number of benzene rings is 2. The van der Waals surface area contributed by atoms with E-state index in [1.807, 2.05) is 0 Å². The molecule has 0 aliphatic rings. The Bertz CT molecular complexity index is 1200. The van der Waals surface area contributed by atoms with Gasteiger partial charge in [0.2, 0.25) is 10.0 Å². The first-order chi connectivity index (χ1) is 12.6. The van der Waals surface area contributed by atoms with Gasteiger partial charge in [0.25, 0.3) is 0 Å². The number of phenolic OH excluding ortho intramolecular Hbond substituents is 1. The molecule has 0 aliphatic heterocycles. The van der Waals surface area contributed by atoms with Crippen LogP contribution in [-0.4, -0.2) is 31.0 Å². The zero-order valence-electron chi connectivity index (χ0n) is 12.7. The minimum atomic E-state index is -4.37. The highest BCUT2D eigenvalue weighted by Crippen LogP contribution is 2.39. The van der Waals surface area contributed by atoms with Crippen LogP contribution in [0.1, 0.15) is 0 Å². The number of hydrogen-bond donors (Lipinski definition) is 2. The van der Waals surface area contributed by atoms with Crippen molar-refractivity contribution in [2.75, 3.05) is 0 Å². The summed E-state index contributed by atoms with van der Waals surface area (Å²) in [5.41, 5.74) is -0.381. The fraction of sp³-hybridized carbons (Fsp3) is 0. The summed E-state index contributed by atoms with van der Waals surface area (Å²) in [7, 11) is -4.37. The molecule has 1 unspecified atom stereocenters. The largest absolute Gasteiger partial charge is 0.768 e. The van der Waals surface area contributed by atoms with E-state index in [0.29, 0.717) is 11.7 Å². The first kappa shape index (κ1) is 20.0. The van der Waals surface area contributed by atoms with Crippen molar-refractivity contribution in [3.05, 3.63) is 28.2 Å². The van der Waals surface area contributed by atoms with Crippen molar-refractivity contribution in [2.45, 2.75) is 9.79 Å². The summed E-state index contributed by atoms with van der Waals surface area (Å²) in [6, 6.07) is 3.30. The molecule has 3 aromatic rings. The Morgan fingerprint density at radius 2 is 1.74 bits per heavy atom. The Hall–Kier alpha value is -1.74. The van der Waals surface area contributed by atoms with Gasteiger partial charge in [0.1, 0.15) is 21.6 Å². The second-order valence-electron chi connectivity index (χ2n) is 4.92. The van der Waals surface area contributed by atoms with Gasteiger partial charge in [-0.15, -0.1) is 5.11 Å². The number of nitrogens with zero attached hydrogens (tertiary/aromatic N) is 4. The number of sulfonamides is 1. The molecule has 0 radical (unpaired) electrons. The number of nitrogens with two attached hydrogens (primary N) is 1. The maximum Gasteiger partial charge on any atom is 0.240 e. The van der Waals surface area contributed by atoms with Gasteiger partial charge in [-0.1, -0.05) is 23.2 Å². The van der Waals surface area contributed by atoms with E-state index in [1.165, 1.54) is 12.1 Å².